The van der Waals surface area contributed by atoms with Crippen LogP contribution in [0.3, 0.4) is 0 Å². The molecule has 1 saturated heterocycles. The number of fused-ring (bicyclic) bond motifs is 1. The lowest BCUT2D eigenvalue weighted by Gasteiger charge is -2.17. The topological polar surface area (TPSA) is 104 Å². The lowest BCUT2D eigenvalue weighted by molar-refractivity contribution is -0.122. The van der Waals surface area contributed by atoms with Crippen molar-refractivity contribution in [2.75, 3.05) is 13.7 Å². The molecule has 2 heterocycles. The number of carbonyl (C=O) groups is 2. The Kier molecular flexibility index (Phi) is 4.97. The zero-order chi connectivity index (χ0) is 18.8. The molecule has 7 heteroatoms. The first kappa shape index (κ1) is 18.0. The van der Waals surface area contributed by atoms with Crippen LogP contribution in [0.5, 0.6) is 11.6 Å². The number of nitrogens with zero attached hydrogens (tertiary/aromatic N) is 1. The standard InChI is InChI=1S/C19H23N3O4/c1-10-11(2)18(24)22-15(10)5-7-26-19-13-9-16(25-3)14(17(20)23)8-12(13)4-6-21-19/h4,6,8-11,15H,5,7H2,1-3H3,(H2,20,23)(H,22,24)/t10-,11-,15-/m1/s1. The zero-order valence-electron chi connectivity index (χ0n) is 15.1. The van der Waals surface area contributed by atoms with Gasteiger partial charge in [-0.2, -0.15) is 0 Å². The number of rotatable bonds is 6. The summed E-state index contributed by atoms with van der Waals surface area (Å²) in [4.78, 5) is 27.6. The lowest BCUT2D eigenvalue weighted by Crippen LogP contribution is -2.29. The van der Waals surface area contributed by atoms with E-state index in [0.717, 1.165) is 10.8 Å². The number of hydrogen-bond donors (Lipinski definition) is 2. The Bertz CT molecular complexity index is 852. The summed E-state index contributed by atoms with van der Waals surface area (Å²) < 4.78 is 11.1. The molecule has 26 heavy (non-hydrogen) atoms. The van der Waals surface area contributed by atoms with Gasteiger partial charge < -0.3 is 20.5 Å². The van der Waals surface area contributed by atoms with Gasteiger partial charge in [-0.3, -0.25) is 9.59 Å². The third-order valence-electron chi connectivity index (χ3n) is 5.15. The van der Waals surface area contributed by atoms with Gasteiger partial charge in [0.2, 0.25) is 11.8 Å². The van der Waals surface area contributed by atoms with Crippen LogP contribution in [0.2, 0.25) is 0 Å². The van der Waals surface area contributed by atoms with E-state index in [-0.39, 0.29) is 23.8 Å². The first-order valence-corrected chi connectivity index (χ1v) is 8.62. The highest BCUT2D eigenvalue weighted by atomic mass is 16.5. The molecule has 0 unspecified atom stereocenters. The maximum atomic E-state index is 11.7. The van der Waals surface area contributed by atoms with Gasteiger partial charge in [0.25, 0.3) is 5.91 Å². The molecule has 0 spiro atoms. The second kappa shape index (κ2) is 7.19. The number of hydrogen-bond acceptors (Lipinski definition) is 5. The van der Waals surface area contributed by atoms with E-state index in [1.165, 1.54) is 7.11 Å². The first-order valence-electron chi connectivity index (χ1n) is 8.62. The third-order valence-corrected chi connectivity index (χ3v) is 5.15. The van der Waals surface area contributed by atoms with Crippen LogP contribution in [0.15, 0.2) is 24.4 Å². The summed E-state index contributed by atoms with van der Waals surface area (Å²) in [5.74, 6) is 0.671. The Morgan fingerprint density at radius 3 is 2.73 bits per heavy atom. The largest absolute Gasteiger partial charge is 0.496 e. The molecule has 3 rings (SSSR count). The number of methoxy groups -OCH3 is 1. The van der Waals surface area contributed by atoms with E-state index >= 15 is 0 Å². The van der Waals surface area contributed by atoms with Crippen LogP contribution in [0.25, 0.3) is 10.8 Å². The second-order valence-electron chi connectivity index (χ2n) is 6.65. The predicted octanol–water partition coefficient (Wildman–Crippen LogP) is 1.88. The number of carbonyl (C=O) groups excluding carboxylic acids is 2. The molecule has 0 bridgehead atoms. The number of nitrogens with one attached hydrogen (secondary N) is 1. The van der Waals surface area contributed by atoms with Gasteiger partial charge in [-0.15, -0.1) is 0 Å². The molecular formula is C19H23N3O4. The molecule has 1 aliphatic rings. The van der Waals surface area contributed by atoms with Gasteiger partial charge >= 0.3 is 0 Å². The lowest BCUT2D eigenvalue weighted by atomic mass is 9.92. The van der Waals surface area contributed by atoms with Gasteiger partial charge in [0.05, 0.1) is 19.3 Å². The van der Waals surface area contributed by atoms with E-state index in [1.54, 1.807) is 24.4 Å². The van der Waals surface area contributed by atoms with Crippen molar-refractivity contribution < 1.29 is 19.1 Å². The summed E-state index contributed by atoms with van der Waals surface area (Å²) >= 11 is 0. The molecule has 1 aliphatic heterocycles. The normalized spacial score (nSPS) is 22.3. The van der Waals surface area contributed by atoms with Crippen LogP contribution in [0, 0.1) is 11.8 Å². The maximum Gasteiger partial charge on any atom is 0.252 e. The average Bonchev–Trinajstić information content (AvgIpc) is 2.87. The zero-order valence-corrected chi connectivity index (χ0v) is 15.1. The molecule has 1 aromatic heterocycles. The Balaban J connectivity index is 1.78. The number of amides is 2. The van der Waals surface area contributed by atoms with Crippen LogP contribution in [0.4, 0.5) is 0 Å². The van der Waals surface area contributed by atoms with E-state index in [1.807, 2.05) is 6.92 Å². The van der Waals surface area contributed by atoms with E-state index in [0.29, 0.717) is 30.2 Å². The molecule has 3 N–H and O–H groups in total. The van der Waals surface area contributed by atoms with Gasteiger partial charge in [-0.05, 0) is 29.5 Å². The summed E-state index contributed by atoms with van der Waals surface area (Å²) in [7, 11) is 1.48. The molecule has 2 amide bonds. The van der Waals surface area contributed by atoms with Crippen LogP contribution < -0.4 is 20.5 Å². The summed E-state index contributed by atoms with van der Waals surface area (Å²) in [6.07, 6.45) is 2.32. The van der Waals surface area contributed by atoms with Crippen molar-refractivity contribution in [3.05, 3.63) is 30.0 Å². The fourth-order valence-corrected chi connectivity index (χ4v) is 3.30. The molecule has 3 atom stereocenters. The molecule has 2 aromatic rings. The molecule has 0 aliphatic carbocycles. The highest BCUT2D eigenvalue weighted by Crippen LogP contribution is 2.31. The van der Waals surface area contributed by atoms with Crippen molar-refractivity contribution in [2.45, 2.75) is 26.3 Å². The van der Waals surface area contributed by atoms with Crippen molar-refractivity contribution in [1.82, 2.24) is 10.3 Å². The van der Waals surface area contributed by atoms with Gasteiger partial charge in [-0.25, -0.2) is 4.98 Å². The number of nitrogens with two attached hydrogens (primary N) is 1. The molecule has 138 valence electrons. The van der Waals surface area contributed by atoms with Crippen molar-refractivity contribution in [1.29, 1.82) is 0 Å². The molecule has 1 fully saturated rings. The van der Waals surface area contributed by atoms with Gasteiger partial charge in [0.15, 0.2) is 0 Å². The second-order valence-corrected chi connectivity index (χ2v) is 6.65. The van der Waals surface area contributed by atoms with Gasteiger partial charge in [0.1, 0.15) is 5.75 Å². The van der Waals surface area contributed by atoms with Crippen molar-refractivity contribution in [3.8, 4) is 11.6 Å². The van der Waals surface area contributed by atoms with Crippen molar-refractivity contribution in [3.63, 3.8) is 0 Å². The fraction of sp³-hybridized carbons (Fsp3) is 0.421. The van der Waals surface area contributed by atoms with Crippen molar-refractivity contribution in [2.24, 2.45) is 17.6 Å². The van der Waals surface area contributed by atoms with E-state index in [2.05, 4.69) is 17.2 Å². The summed E-state index contributed by atoms with van der Waals surface area (Å²) in [5.41, 5.74) is 5.72. The molecule has 0 radical (unpaired) electrons. The van der Waals surface area contributed by atoms with E-state index in [4.69, 9.17) is 15.2 Å². The van der Waals surface area contributed by atoms with E-state index in [9.17, 15) is 9.59 Å². The van der Waals surface area contributed by atoms with Crippen LogP contribution >= 0.6 is 0 Å². The SMILES string of the molecule is COc1cc2c(OCC[C@H]3NC(=O)[C@H](C)[C@H]3C)nccc2cc1C(N)=O. The minimum absolute atomic E-state index is 0.0205. The number of pyridine rings is 1. The Hall–Kier alpha value is -2.83. The van der Waals surface area contributed by atoms with Gasteiger partial charge in [0, 0.05) is 30.0 Å². The number of primary amides is 1. The highest BCUT2D eigenvalue weighted by molar-refractivity contribution is 6.01. The fourth-order valence-electron chi connectivity index (χ4n) is 3.30. The summed E-state index contributed by atoms with van der Waals surface area (Å²) in [6, 6.07) is 5.27. The average molecular weight is 357 g/mol. The molecule has 1 aromatic carbocycles. The van der Waals surface area contributed by atoms with Gasteiger partial charge in [-0.1, -0.05) is 13.8 Å². The monoisotopic (exact) mass is 357 g/mol. The molecular weight excluding hydrogens is 334 g/mol. The predicted molar refractivity (Wildman–Crippen MR) is 97.2 cm³/mol. The molecule has 0 saturated carbocycles. The maximum absolute atomic E-state index is 11.7. The van der Waals surface area contributed by atoms with Crippen molar-refractivity contribution >= 4 is 22.6 Å². The highest BCUT2D eigenvalue weighted by Gasteiger charge is 2.35. The number of aromatic nitrogens is 1. The number of benzene rings is 1. The quantitative estimate of drug-likeness (QED) is 0.821. The smallest absolute Gasteiger partial charge is 0.252 e. The minimum atomic E-state index is -0.553. The Morgan fingerprint density at radius 1 is 1.35 bits per heavy atom. The Morgan fingerprint density at radius 2 is 2.12 bits per heavy atom. The van der Waals surface area contributed by atoms with E-state index < -0.39 is 5.91 Å². The third kappa shape index (κ3) is 3.29. The summed E-state index contributed by atoms with van der Waals surface area (Å²) in [5, 5.41) is 4.54. The molecule has 7 nitrogen and oxygen atoms in total. The first-order chi connectivity index (χ1) is 12.4. The van der Waals surface area contributed by atoms with Crippen LogP contribution in [0.1, 0.15) is 30.6 Å². The van der Waals surface area contributed by atoms with Crippen LogP contribution in [-0.2, 0) is 4.79 Å². The minimum Gasteiger partial charge on any atom is -0.496 e. The summed E-state index contributed by atoms with van der Waals surface area (Å²) in [6.45, 7) is 4.43. The Labute approximate surface area is 151 Å². The van der Waals surface area contributed by atoms with Crippen LogP contribution in [-0.4, -0.2) is 36.6 Å². The number of ether oxygens (including phenoxy) is 2.